The summed E-state index contributed by atoms with van der Waals surface area (Å²) < 4.78 is 0. The molecule has 0 spiro atoms. The Morgan fingerprint density at radius 2 is 2.00 bits per heavy atom. The number of nitrogens with zero attached hydrogens (tertiary/aromatic N) is 2. The van der Waals surface area contributed by atoms with Crippen LogP contribution in [0.1, 0.15) is 68.7 Å². The van der Waals surface area contributed by atoms with Crippen molar-refractivity contribution < 1.29 is 0 Å². The molecule has 3 heteroatoms. The molecule has 17 heavy (non-hydrogen) atoms. The first-order chi connectivity index (χ1) is 8.13. The summed E-state index contributed by atoms with van der Waals surface area (Å²) in [6.07, 6.45) is 2.15. The summed E-state index contributed by atoms with van der Waals surface area (Å²) in [6, 6.07) is 0. The van der Waals surface area contributed by atoms with Crippen molar-refractivity contribution in [2.45, 2.75) is 58.9 Å². The lowest BCUT2D eigenvalue weighted by molar-refractivity contribution is 0.583. The monoisotopic (exact) mass is 233 g/mol. The second kappa shape index (κ2) is 5.13. The summed E-state index contributed by atoms with van der Waals surface area (Å²) in [4.78, 5) is 9.58. The van der Waals surface area contributed by atoms with E-state index in [1.54, 1.807) is 0 Å². The Morgan fingerprint density at radius 1 is 1.24 bits per heavy atom. The van der Waals surface area contributed by atoms with Gasteiger partial charge in [-0.25, -0.2) is 9.97 Å². The first-order valence-corrected chi connectivity index (χ1v) is 6.73. The normalized spacial score (nSPS) is 17.0. The molecule has 0 saturated heterocycles. The molecule has 0 radical (unpaired) electrons. The van der Waals surface area contributed by atoms with Crippen LogP contribution >= 0.6 is 0 Å². The van der Waals surface area contributed by atoms with E-state index < -0.39 is 0 Å². The molecule has 1 aromatic rings. The molecule has 1 aliphatic heterocycles. The summed E-state index contributed by atoms with van der Waals surface area (Å²) in [5, 5.41) is 3.42. The number of hydrogen-bond acceptors (Lipinski definition) is 3. The SMILES string of the molecule is CCC(C)c1nc2c(c(C(C)C)n1)CNCC2. The van der Waals surface area contributed by atoms with E-state index in [0.717, 1.165) is 31.8 Å². The molecule has 3 nitrogen and oxygen atoms in total. The molecule has 2 heterocycles. The lowest BCUT2D eigenvalue weighted by Crippen LogP contribution is -2.27. The van der Waals surface area contributed by atoms with Crippen molar-refractivity contribution in [3.63, 3.8) is 0 Å². The molecular formula is C14H23N3. The van der Waals surface area contributed by atoms with Gasteiger partial charge in [-0.3, -0.25) is 0 Å². The van der Waals surface area contributed by atoms with Gasteiger partial charge in [0, 0.05) is 31.0 Å². The van der Waals surface area contributed by atoms with Crippen molar-refractivity contribution in [1.82, 2.24) is 15.3 Å². The molecule has 0 amide bonds. The zero-order valence-electron chi connectivity index (χ0n) is 11.4. The van der Waals surface area contributed by atoms with Gasteiger partial charge in [-0.2, -0.15) is 0 Å². The van der Waals surface area contributed by atoms with Crippen LogP contribution in [0.5, 0.6) is 0 Å². The van der Waals surface area contributed by atoms with E-state index in [0.29, 0.717) is 11.8 Å². The summed E-state index contributed by atoms with van der Waals surface area (Å²) in [6.45, 7) is 10.8. The minimum atomic E-state index is 0.465. The maximum atomic E-state index is 4.81. The average molecular weight is 233 g/mol. The van der Waals surface area contributed by atoms with Gasteiger partial charge in [-0.1, -0.05) is 27.7 Å². The highest BCUT2D eigenvalue weighted by Gasteiger charge is 2.20. The molecule has 94 valence electrons. The highest BCUT2D eigenvalue weighted by Crippen LogP contribution is 2.25. The van der Waals surface area contributed by atoms with Crippen LogP contribution in [0.2, 0.25) is 0 Å². The van der Waals surface area contributed by atoms with Crippen LogP contribution in [0.25, 0.3) is 0 Å². The molecule has 1 N–H and O–H groups in total. The minimum absolute atomic E-state index is 0.465. The number of hydrogen-bond donors (Lipinski definition) is 1. The van der Waals surface area contributed by atoms with E-state index in [2.05, 4.69) is 33.0 Å². The fraction of sp³-hybridized carbons (Fsp3) is 0.714. The Bertz CT molecular complexity index is 399. The minimum Gasteiger partial charge on any atom is -0.312 e. The van der Waals surface area contributed by atoms with Crippen molar-refractivity contribution in [1.29, 1.82) is 0 Å². The molecule has 1 aliphatic rings. The third-order valence-electron chi connectivity index (χ3n) is 3.58. The van der Waals surface area contributed by atoms with E-state index in [9.17, 15) is 0 Å². The van der Waals surface area contributed by atoms with Crippen LogP contribution in [-0.4, -0.2) is 16.5 Å². The van der Waals surface area contributed by atoms with Gasteiger partial charge < -0.3 is 5.32 Å². The van der Waals surface area contributed by atoms with Crippen LogP contribution in [0.15, 0.2) is 0 Å². The predicted octanol–water partition coefficient (Wildman–Crippen LogP) is 2.76. The van der Waals surface area contributed by atoms with Gasteiger partial charge in [0.05, 0.1) is 11.4 Å². The Morgan fingerprint density at radius 3 is 2.65 bits per heavy atom. The number of aromatic nitrogens is 2. The maximum Gasteiger partial charge on any atom is 0.131 e. The van der Waals surface area contributed by atoms with Crippen molar-refractivity contribution in [2.24, 2.45) is 0 Å². The Balaban J connectivity index is 2.48. The van der Waals surface area contributed by atoms with Crippen LogP contribution in [-0.2, 0) is 13.0 Å². The van der Waals surface area contributed by atoms with Crippen molar-refractivity contribution in [3.8, 4) is 0 Å². The molecule has 0 aliphatic carbocycles. The highest BCUT2D eigenvalue weighted by molar-refractivity contribution is 5.30. The Kier molecular flexibility index (Phi) is 3.77. The fourth-order valence-corrected chi connectivity index (χ4v) is 2.27. The highest BCUT2D eigenvalue weighted by atomic mass is 15.0. The fourth-order valence-electron chi connectivity index (χ4n) is 2.27. The van der Waals surface area contributed by atoms with Gasteiger partial charge in [-0.05, 0) is 12.3 Å². The summed E-state index contributed by atoms with van der Waals surface area (Å²) in [7, 11) is 0. The standard InChI is InChI=1S/C14H23N3/c1-5-10(4)14-16-12-6-7-15-8-11(12)13(17-14)9(2)3/h9-10,15H,5-8H2,1-4H3. The maximum absolute atomic E-state index is 4.81. The molecule has 0 bridgehead atoms. The molecule has 0 aromatic carbocycles. The zero-order chi connectivity index (χ0) is 12.4. The Labute approximate surface area is 104 Å². The van der Waals surface area contributed by atoms with Gasteiger partial charge in [-0.15, -0.1) is 0 Å². The van der Waals surface area contributed by atoms with Gasteiger partial charge in [0.25, 0.3) is 0 Å². The number of fused-ring (bicyclic) bond motifs is 1. The molecule has 1 aromatic heterocycles. The summed E-state index contributed by atoms with van der Waals surface area (Å²) in [5.74, 6) is 1.99. The Hall–Kier alpha value is -0.960. The second-order valence-corrected chi connectivity index (χ2v) is 5.28. The number of nitrogens with one attached hydrogen (secondary N) is 1. The van der Waals surface area contributed by atoms with E-state index in [1.807, 2.05) is 0 Å². The average Bonchev–Trinajstić information content (AvgIpc) is 2.36. The third-order valence-corrected chi connectivity index (χ3v) is 3.58. The van der Waals surface area contributed by atoms with Gasteiger partial charge in [0.15, 0.2) is 0 Å². The summed E-state index contributed by atoms with van der Waals surface area (Å²) in [5.41, 5.74) is 3.87. The van der Waals surface area contributed by atoms with Crippen LogP contribution in [0.4, 0.5) is 0 Å². The topological polar surface area (TPSA) is 37.8 Å². The lowest BCUT2D eigenvalue weighted by atomic mass is 9.97. The van der Waals surface area contributed by atoms with E-state index in [1.165, 1.54) is 17.0 Å². The van der Waals surface area contributed by atoms with E-state index >= 15 is 0 Å². The first kappa shape index (κ1) is 12.5. The van der Waals surface area contributed by atoms with E-state index in [-0.39, 0.29) is 0 Å². The van der Waals surface area contributed by atoms with Crippen LogP contribution < -0.4 is 5.32 Å². The van der Waals surface area contributed by atoms with Gasteiger partial charge in [0.1, 0.15) is 5.82 Å². The summed E-state index contributed by atoms with van der Waals surface area (Å²) >= 11 is 0. The lowest BCUT2D eigenvalue weighted by Gasteiger charge is -2.23. The quantitative estimate of drug-likeness (QED) is 0.872. The molecule has 1 atom stereocenters. The third kappa shape index (κ3) is 2.49. The molecule has 1 unspecified atom stereocenters. The van der Waals surface area contributed by atoms with Crippen LogP contribution in [0.3, 0.4) is 0 Å². The molecule has 0 fully saturated rings. The van der Waals surface area contributed by atoms with Crippen molar-refractivity contribution >= 4 is 0 Å². The zero-order valence-corrected chi connectivity index (χ0v) is 11.4. The van der Waals surface area contributed by atoms with Crippen LogP contribution in [0, 0.1) is 0 Å². The van der Waals surface area contributed by atoms with Crippen molar-refractivity contribution in [2.75, 3.05) is 6.54 Å². The van der Waals surface area contributed by atoms with Gasteiger partial charge >= 0.3 is 0 Å². The second-order valence-electron chi connectivity index (χ2n) is 5.28. The predicted molar refractivity (Wildman–Crippen MR) is 70.2 cm³/mol. The number of rotatable bonds is 3. The first-order valence-electron chi connectivity index (χ1n) is 6.73. The van der Waals surface area contributed by atoms with E-state index in [4.69, 9.17) is 9.97 Å². The molecular weight excluding hydrogens is 210 g/mol. The van der Waals surface area contributed by atoms with Gasteiger partial charge in [0.2, 0.25) is 0 Å². The van der Waals surface area contributed by atoms with Crippen molar-refractivity contribution in [3.05, 3.63) is 22.8 Å². The molecule has 2 rings (SSSR count). The smallest absolute Gasteiger partial charge is 0.131 e. The molecule has 0 saturated carbocycles. The largest absolute Gasteiger partial charge is 0.312 e.